The summed E-state index contributed by atoms with van der Waals surface area (Å²) in [5.74, 6) is -0.807. The second-order valence-electron chi connectivity index (χ2n) is 6.21. The molecule has 0 aliphatic carbocycles. The van der Waals surface area contributed by atoms with E-state index in [1.165, 1.54) is 17.0 Å². The molecule has 1 atom stereocenters. The van der Waals surface area contributed by atoms with Crippen LogP contribution < -0.4 is 5.32 Å². The van der Waals surface area contributed by atoms with Gasteiger partial charge in [0, 0.05) is 12.6 Å². The van der Waals surface area contributed by atoms with E-state index in [1.54, 1.807) is 31.3 Å². The zero-order chi connectivity index (χ0) is 18.6. The third-order valence-electron chi connectivity index (χ3n) is 4.50. The highest BCUT2D eigenvalue weighted by Crippen LogP contribution is 2.19. The average Bonchev–Trinajstić information content (AvgIpc) is 2.61. The highest BCUT2D eigenvalue weighted by molar-refractivity contribution is 5.96. The Morgan fingerprint density at radius 3 is 2.32 bits per heavy atom. The van der Waals surface area contributed by atoms with Crippen LogP contribution in [-0.2, 0) is 4.79 Å². The van der Waals surface area contributed by atoms with Crippen LogP contribution in [0.15, 0.2) is 42.5 Å². The molecule has 0 aliphatic heterocycles. The van der Waals surface area contributed by atoms with Gasteiger partial charge < -0.3 is 10.2 Å². The summed E-state index contributed by atoms with van der Waals surface area (Å²) >= 11 is 0. The lowest BCUT2D eigenvalue weighted by Crippen LogP contribution is -2.39. The third-order valence-corrected chi connectivity index (χ3v) is 4.50. The fourth-order valence-electron chi connectivity index (χ4n) is 2.45. The maximum Gasteiger partial charge on any atom is 0.251 e. The predicted molar refractivity (Wildman–Crippen MR) is 95.8 cm³/mol. The number of hydrogen-bond acceptors (Lipinski definition) is 2. The van der Waals surface area contributed by atoms with E-state index in [1.807, 2.05) is 26.8 Å². The Kier molecular flexibility index (Phi) is 5.91. The standard InChI is InChI=1S/C20H23FN2O2/c1-13-5-6-17(11-14(13)2)20(25)22-12-19(24)23(4)15(3)16-7-9-18(21)10-8-16/h5-11,15H,12H2,1-4H3,(H,22,25). The Morgan fingerprint density at radius 1 is 1.08 bits per heavy atom. The third kappa shape index (κ3) is 4.66. The van der Waals surface area contributed by atoms with E-state index in [0.29, 0.717) is 5.56 Å². The van der Waals surface area contributed by atoms with Crippen molar-refractivity contribution in [1.82, 2.24) is 10.2 Å². The molecular formula is C20H23FN2O2. The van der Waals surface area contributed by atoms with Gasteiger partial charge in [0.05, 0.1) is 12.6 Å². The summed E-state index contributed by atoms with van der Waals surface area (Å²) in [7, 11) is 1.67. The molecule has 0 heterocycles. The van der Waals surface area contributed by atoms with E-state index in [2.05, 4.69) is 5.32 Å². The van der Waals surface area contributed by atoms with E-state index in [-0.39, 0.29) is 30.2 Å². The number of amides is 2. The van der Waals surface area contributed by atoms with Crippen molar-refractivity contribution in [3.63, 3.8) is 0 Å². The summed E-state index contributed by atoms with van der Waals surface area (Å²) in [6.45, 7) is 5.69. The lowest BCUT2D eigenvalue weighted by atomic mass is 10.1. The van der Waals surface area contributed by atoms with Crippen LogP contribution in [0.2, 0.25) is 0 Å². The zero-order valence-corrected chi connectivity index (χ0v) is 15.0. The summed E-state index contributed by atoms with van der Waals surface area (Å²) in [5.41, 5.74) is 3.50. The molecule has 0 spiro atoms. The summed E-state index contributed by atoms with van der Waals surface area (Å²) in [6.07, 6.45) is 0. The summed E-state index contributed by atoms with van der Waals surface area (Å²) in [5, 5.41) is 2.65. The smallest absolute Gasteiger partial charge is 0.251 e. The minimum Gasteiger partial charge on any atom is -0.343 e. The van der Waals surface area contributed by atoms with E-state index in [0.717, 1.165) is 16.7 Å². The molecule has 2 aromatic rings. The quantitative estimate of drug-likeness (QED) is 0.905. The van der Waals surface area contributed by atoms with Gasteiger partial charge in [0.2, 0.25) is 5.91 Å². The molecule has 1 unspecified atom stereocenters. The molecule has 0 aliphatic rings. The number of aryl methyl sites for hydroxylation is 2. The zero-order valence-electron chi connectivity index (χ0n) is 15.0. The molecule has 132 valence electrons. The van der Waals surface area contributed by atoms with Gasteiger partial charge in [0.15, 0.2) is 0 Å². The van der Waals surface area contributed by atoms with Crippen LogP contribution >= 0.6 is 0 Å². The minimum absolute atomic E-state index is 0.0895. The number of rotatable bonds is 5. The predicted octanol–water partition coefficient (Wildman–Crippen LogP) is 3.39. The van der Waals surface area contributed by atoms with Crippen molar-refractivity contribution < 1.29 is 14.0 Å². The molecule has 0 aromatic heterocycles. The van der Waals surface area contributed by atoms with E-state index < -0.39 is 0 Å². The largest absolute Gasteiger partial charge is 0.343 e. The number of nitrogens with zero attached hydrogens (tertiary/aromatic N) is 1. The lowest BCUT2D eigenvalue weighted by molar-refractivity contribution is -0.130. The molecule has 2 aromatic carbocycles. The number of nitrogens with one attached hydrogen (secondary N) is 1. The van der Waals surface area contributed by atoms with Crippen molar-refractivity contribution in [2.45, 2.75) is 26.8 Å². The first-order chi connectivity index (χ1) is 11.8. The maximum atomic E-state index is 13.0. The Labute approximate surface area is 147 Å². The summed E-state index contributed by atoms with van der Waals surface area (Å²) in [6, 6.07) is 11.3. The number of halogens is 1. The summed E-state index contributed by atoms with van der Waals surface area (Å²) in [4.78, 5) is 26.0. The molecule has 0 saturated heterocycles. The van der Waals surface area contributed by atoms with Crippen molar-refractivity contribution in [1.29, 1.82) is 0 Å². The molecular weight excluding hydrogens is 319 g/mol. The first kappa shape index (κ1) is 18.6. The molecule has 5 heteroatoms. The molecule has 25 heavy (non-hydrogen) atoms. The number of hydrogen-bond donors (Lipinski definition) is 1. The Morgan fingerprint density at radius 2 is 1.72 bits per heavy atom. The van der Waals surface area contributed by atoms with Gasteiger partial charge in [-0.1, -0.05) is 18.2 Å². The van der Waals surface area contributed by atoms with Crippen LogP contribution in [0.25, 0.3) is 0 Å². The molecule has 2 amide bonds. The van der Waals surface area contributed by atoms with Crippen molar-refractivity contribution >= 4 is 11.8 Å². The number of carbonyl (C=O) groups is 2. The van der Waals surface area contributed by atoms with Gasteiger partial charge in [-0.2, -0.15) is 0 Å². The van der Waals surface area contributed by atoms with Crippen LogP contribution in [0.4, 0.5) is 4.39 Å². The topological polar surface area (TPSA) is 49.4 Å². The Bertz CT molecular complexity index is 772. The van der Waals surface area contributed by atoms with Gasteiger partial charge in [0.1, 0.15) is 5.82 Å². The second-order valence-corrected chi connectivity index (χ2v) is 6.21. The fourth-order valence-corrected chi connectivity index (χ4v) is 2.45. The van der Waals surface area contributed by atoms with Gasteiger partial charge in [-0.25, -0.2) is 4.39 Å². The van der Waals surface area contributed by atoms with E-state index in [9.17, 15) is 14.0 Å². The monoisotopic (exact) mass is 342 g/mol. The van der Waals surface area contributed by atoms with E-state index >= 15 is 0 Å². The maximum absolute atomic E-state index is 13.0. The molecule has 0 radical (unpaired) electrons. The summed E-state index contributed by atoms with van der Waals surface area (Å²) < 4.78 is 13.0. The normalized spacial score (nSPS) is 11.7. The van der Waals surface area contributed by atoms with Gasteiger partial charge in [0.25, 0.3) is 5.91 Å². The first-order valence-corrected chi connectivity index (χ1v) is 8.16. The molecule has 4 nitrogen and oxygen atoms in total. The van der Waals surface area contributed by atoms with Gasteiger partial charge in [-0.3, -0.25) is 9.59 Å². The fraction of sp³-hybridized carbons (Fsp3) is 0.300. The van der Waals surface area contributed by atoms with Crippen LogP contribution in [0.5, 0.6) is 0 Å². The Hall–Kier alpha value is -2.69. The van der Waals surface area contributed by atoms with Gasteiger partial charge in [-0.05, 0) is 61.7 Å². The minimum atomic E-state index is -0.314. The number of carbonyl (C=O) groups excluding carboxylic acids is 2. The van der Waals surface area contributed by atoms with Gasteiger partial charge >= 0.3 is 0 Å². The highest BCUT2D eigenvalue weighted by atomic mass is 19.1. The average molecular weight is 342 g/mol. The highest BCUT2D eigenvalue weighted by Gasteiger charge is 2.18. The van der Waals surface area contributed by atoms with Crippen LogP contribution in [0, 0.1) is 19.7 Å². The first-order valence-electron chi connectivity index (χ1n) is 8.16. The molecule has 0 saturated carbocycles. The SMILES string of the molecule is Cc1ccc(C(=O)NCC(=O)N(C)C(C)c2ccc(F)cc2)cc1C. The number of likely N-dealkylation sites (N-methyl/N-ethyl adjacent to an activating group) is 1. The molecule has 2 rings (SSSR count). The van der Waals surface area contributed by atoms with Gasteiger partial charge in [-0.15, -0.1) is 0 Å². The van der Waals surface area contributed by atoms with Crippen molar-refractivity contribution in [2.24, 2.45) is 0 Å². The molecule has 1 N–H and O–H groups in total. The van der Waals surface area contributed by atoms with E-state index in [4.69, 9.17) is 0 Å². The van der Waals surface area contributed by atoms with Crippen molar-refractivity contribution in [2.75, 3.05) is 13.6 Å². The van der Waals surface area contributed by atoms with Crippen LogP contribution in [0.3, 0.4) is 0 Å². The molecule has 0 bridgehead atoms. The van der Waals surface area contributed by atoms with Crippen molar-refractivity contribution in [3.05, 3.63) is 70.5 Å². The van der Waals surface area contributed by atoms with Crippen LogP contribution in [-0.4, -0.2) is 30.3 Å². The Balaban J connectivity index is 1.95. The van der Waals surface area contributed by atoms with Crippen LogP contribution in [0.1, 0.15) is 40.0 Å². The second kappa shape index (κ2) is 7.92. The van der Waals surface area contributed by atoms with Crippen molar-refractivity contribution in [3.8, 4) is 0 Å². The molecule has 0 fully saturated rings. The lowest BCUT2D eigenvalue weighted by Gasteiger charge is -2.25. The number of benzene rings is 2.